The third kappa shape index (κ3) is 5.12. The number of hydrogen-bond donors (Lipinski definition) is 1. The molecule has 2 rings (SSSR count). The summed E-state index contributed by atoms with van der Waals surface area (Å²) in [6.07, 6.45) is 0.0618. The van der Waals surface area contributed by atoms with Crippen LogP contribution in [0.25, 0.3) is 0 Å². The number of halogens is 2. The first kappa shape index (κ1) is 17.6. The van der Waals surface area contributed by atoms with Crippen molar-refractivity contribution in [1.29, 1.82) is 0 Å². The number of anilines is 1. The van der Waals surface area contributed by atoms with E-state index in [-0.39, 0.29) is 18.0 Å². The van der Waals surface area contributed by atoms with E-state index >= 15 is 0 Å². The van der Waals surface area contributed by atoms with Crippen LogP contribution < -0.4 is 10.1 Å². The number of methoxy groups -OCH3 is 1. The van der Waals surface area contributed by atoms with Crippen LogP contribution in [0.1, 0.15) is 25.5 Å². The van der Waals surface area contributed by atoms with Crippen molar-refractivity contribution in [2.45, 2.75) is 26.0 Å². The van der Waals surface area contributed by atoms with Crippen LogP contribution in [-0.2, 0) is 4.74 Å². The maximum absolute atomic E-state index is 13.1. The van der Waals surface area contributed by atoms with Gasteiger partial charge in [-0.15, -0.1) is 0 Å². The molecule has 0 aliphatic heterocycles. The molecule has 0 aromatic heterocycles. The minimum Gasteiger partial charge on any atom is -0.489 e. The highest BCUT2D eigenvalue weighted by atomic mass is 35.5. The Morgan fingerprint density at radius 2 is 1.83 bits per heavy atom. The maximum atomic E-state index is 13.1. The fourth-order valence-corrected chi connectivity index (χ4v) is 2.45. The van der Waals surface area contributed by atoms with Crippen molar-refractivity contribution in [2.75, 3.05) is 19.0 Å². The molecule has 2 aromatic carbocycles. The number of hydrogen-bond acceptors (Lipinski definition) is 3. The van der Waals surface area contributed by atoms with Gasteiger partial charge < -0.3 is 14.8 Å². The van der Waals surface area contributed by atoms with E-state index in [0.717, 1.165) is 11.3 Å². The van der Waals surface area contributed by atoms with E-state index in [1.165, 1.54) is 12.1 Å². The summed E-state index contributed by atoms with van der Waals surface area (Å²) < 4.78 is 24.0. The Kier molecular flexibility index (Phi) is 6.25. The lowest BCUT2D eigenvalue weighted by atomic mass is 10.1. The quantitative estimate of drug-likeness (QED) is 0.765. The number of benzene rings is 2. The molecule has 0 fully saturated rings. The SMILES string of the molecule is COCC(Nc1ccc(OC(C)C)c(Cl)c1)c1ccc(F)cc1. The van der Waals surface area contributed by atoms with E-state index in [2.05, 4.69) is 5.32 Å². The summed E-state index contributed by atoms with van der Waals surface area (Å²) >= 11 is 6.25. The van der Waals surface area contributed by atoms with E-state index in [4.69, 9.17) is 21.1 Å². The first-order chi connectivity index (χ1) is 11.0. The highest BCUT2D eigenvalue weighted by Gasteiger charge is 2.13. The molecule has 0 bridgehead atoms. The monoisotopic (exact) mass is 337 g/mol. The van der Waals surface area contributed by atoms with Crippen molar-refractivity contribution in [1.82, 2.24) is 0 Å². The second-order valence-corrected chi connectivity index (χ2v) is 5.92. The molecule has 124 valence electrons. The van der Waals surface area contributed by atoms with E-state index in [1.807, 2.05) is 32.0 Å². The molecule has 0 saturated heterocycles. The fraction of sp³-hybridized carbons (Fsp3) is 0.333. The van der Waals surface area contributed by atoms with Crippen LogP contribution >= 0.6 is 11.6 Å². The first-order valence-corrected chi connectivity index (χ1v) is 7.84. The van der Waals surface area contributed by atoms with Gasteiger partial charge in [0.15, 0.2) is 0 Å². The Balaban J connectivity index is 2.16. The first-order valence-electron chi connectivity index (χ1n) is 7.46. The molecule has 0 amide bonds. The van der Waals surface area contributed by atoms with Crippen molar-refractivity contribution >= 4 is 17.3 Å². The van der Waals surface area contributed by atoms with Gasteiger partial charge in [-0.2, -0.15) is 0 Å². The molecule has 2 aromatic rings. The third-order valence-electron chi connectivity index (χ3n) is 3.24. The smallest absolute Gasteiger partial charge is 0.138 e. The molecule has 0 aliphatic carbocycles. The van der Waals surface area contributed by atoms with Crippen molar-refractivity contribution < 1.29 is 13.9 Å². The molecule has 1 atom stereocenters. The molecule has 3 nitrogen and oxygen atoms in total. The summed E-state index contributed by atoms with van der Waals surface area (Å²) in [5.41, 5.74) is 1.78. The van der Waals surface area contributed by atoms with Crippen LogP contribution in [0.4, 0.5) is 10.1 Å². The van der Waals surface area contributed by atoms with Gasteiger partial charge in [0.25, 0.3) is 0 Å². The molecule has 5 heteroatoms. The molecular weight excluding hydrogens is 317 g/mol. The van der Waals surface area contributed by atoms with Gasteiger partial charge in [-0.25, -0.2) is 4.39 Å². The number of nitrogens with one attached hydrogen (secondary N) is 1. The fourth-order valence-electron chi connectivity index (χ4n) is 2.22. The normalized spacial score (nSPS) is 12.3. The minimum absolute atomic E-state index is 0.0618. The largest absolute Gasteiger partial charge is 0.489 e. The van der Waals surface area contributed by atoms with Crippen LogP contribution in [0.5, 0.6) is 5.75 Å². The summed E-state index contributed by atoms with van der Waals surface area (Å²) in [6.45, 7) is 4.35. The zero-order chi connectivity index (χ0) is 16.8. The Hall–Kier alpha value is -1.78. The lowest BCUT2D eigenvalue weighted by Gasteiger charge is -2.20. The van der Waals surface area contributed by atoms with Gasteiger partial charge in [-0.1, -0.05) is 23.7 Å². The van der Waals surface area contributed by atoms with Crippen LogP contribution in [0.3, 0.4) is 0 Å². The predicted molar refractivity (Wildman–Crippen MR) is 91.9 cm³/mol. The Labute approximate surface area is 141 Å². The lowest BCUT2D eigenvalue weighted by Crippen LogP contribution is -2.16. The van der Waals surface area contributed by atoms with Gasteiger partial charge in [-0.3, -0.25) is 0 Å². The number of rotatable bonds is 7. The molecule has 0 radical (unpaired) electrons. The van der Waals surface area contributed by atoms with Gasteiger partial charge in [0.1, 0.15) is 11.6 Å². The van der Waals surface area contributed by atoms with Crippen LogP contribution in [-0.4, -0.2) is 19.8 Å². The molecule has 0 heterocycles. The Morgan fingerprint density at radius 1 is 1.13 bits per heavy atom. The summed E-state index contributed by atoms with van der Waals surface area (Å²) in [7, 11) is 1.63. The topological polar surface area (TPSA) is 30.5 Å². The molecule has 0 aliphatic rings. The van der Waals surface area contributed by atoms with Crippen molar-refractivity contribution in [3.05, 3.63) is 58.9 Å². The van der Waals surface area contributed by atoms with Crippen LogP contribution in [0, 0.1) is 5.82 Å². The van der Waals surface area contributed by atoms with Crippen molar-refractivity contribution in [2.24, 2.45) is 0 Å². The summed E-state index contributed by atoms with van der Waals surface area (Å²) in [6, 6.07) is 11.8. The van der Waals surface area contributed by atoms with Gasteiger partial charge in [-0.05, 0) is 49.7 Å². The van der Waals surface area contributed by atoms with E-state index in [9.17, 15) is 4.39 Å². The lowest BCUT2D eigenvalue weighted by molar-refractivity contribution is 0.186. The Morgan fingerprint density at radius 3 is 2.39 bits per heavy atom. The molecular formula is C18H21ClFNO2. The molecule has 0 spiro atoms. The number of ether oxygens (including phenoxy) is 2. The van der Waals surface area contributed by atoms with E-state index in [0.29, 0.717) is 17.4 Å². The van der Waals surface area contributed by atoms with Crippen molar-refractivity contribution in [3.63, 3.8) is 0 Å². The Bertz CT molecular complexity index is 631. The van der Waals surface area contributed by atoms with E-state index < -0.39 is 0 Å². The molecule has 23 heavy (non-hydrogen) atoms. The average molecular weight is 338 g/mol. The molecule has 1 N–H and O–H groups in total. The standard InChI is InChI=1S/C18H21ClFNO2/c1-12(2)23-18-9-8-15(10-16(18)19)21-17(11-22-3)13-4-6-14(20)7-5-13/h4-10,12,17,21H,11H2,1-3H3. The molecule has 0 saturated carbocycles. The van der Waals surface area contributed by atoms with Crippen molar-refractivity contribution in [3.8, 4) is 5.75 Å². The summed E-state index contributed by atoms with van der Waals surface area (Å²) in [5.74, 6) is 0.389. The summed E-state index contributed by atoms with van der Waals surface area (Å²) in [5, 5.41) is 3.89. The second-order valence-electron chi connectivity index (χ2n) is 5.52. The molecule has 1 unspecified atom stereocenters. The van der Waals surface area contributed by atoms with Gasteiger partial charge in [0.05, 0.1) is 23.8 Å². The second kappa shape index (κ2) is 8.18. The predicted octanol–water partition coefficient (Wildman–Crippen LogP) is 5.07. The highest BCUT2D eigenvalue weighted by Crippen LogP contribution is 2.30. The van der Waals surface area contributed by atoms with Crippen LogP contribution in [0.15, 0.2) is 42.5 Å². The van der Waals surface area contributed by atoms with E-state index in [1.54, 1.807) is 19.2 Å². The summed E-state index contributed by atoms with van der Waals surface area (Å²) in [4.78, 5) is 0. The van der Waals surface area contributed by atoms with Crippen LogP contribution in [0.2, 0.25) is 5.02 Å². The third-order valence-corrected chi connectivity index (χ3v) is 3.54. The maximum Gasteiger partial charge on any atom is 0.138 e. The van der Waals surface area contributed by atoms with Gasteiger partial charge in [0, 0.05) is 12.8 Å². The zero-order valence-corrected chi connectivity index (χ0v) is 14.2. The van der Waals surface area contributed by atoms with Gasteiger partial charge >= 0.3 is 0 Å². The minimum atomic E-state index is -0.261. The van der Waals surface area contributed by atoms with Gasteiger partial charge in [0.2, 0.25) is 0 Å². The average Bonchev–Trinajstić information content (AvgIpc) is 2.50. The zero-order valence-electron chi connectivity index (χ0n) is 13.5. The highest BCUT2D eigenvalue weighted by molar-refractivity contribution is 6.32.